The van der Waals surface area contributed by atoms with Gasteiger partial charge in [0.05, 0.1) is 25.2 Å². The molecule has 0 radical (unpaired) electrons. The van der Waals surface area contributed by atoms with Gasteiger partial charge in [-0.2, -0.15) is 0 Å². The van der Waals surface area contributed by atoms with Crippen molar-refractivity contribution in [2.24, 2.45) is 0 Å². The minimum Gasteiger partial charge on any atom is -0.318 e. The average molecular weight is 242 g/mol. The van der Waals surface area contributed by atoms with Crippen molar-refractivity contribution < 1.29 is 4.48 Å². The van der Waals surface area contributed by atoms with Crippen molar-refractivity contribution >= 4 is 0 Å². The molecule has 96 valence electrons. The van der Waals surface area contributed by atoms with Crippen LogP contribution in [0.25, 0.3) is 0 Å². The molecule has 2 fully saturated rings. The van der Waals surface area contributed by atoms with E-state index in [0.29, 0.717) is 0 Å². The molecule has 0 aromatic heterocycles. The Hall–Kier alpha value is -0.820. The van der Waals surface area contributed by atoms with Crippen LogP contribution in [0.2, 0.25) is 0 Å². The van der Waals surface area contributed by atoms with Crippen molar-refractivity contribution in [1.82, 2.24) is 0 Å². The summed E-state index contributed by atoms with van der Waals surface area (Å²) in [6.45, 7) is 0. The Morgan fingerprint density at radius 3 is 2.06 bits per heavy atom. The zero-order chi connectivity index (χ0) is 12.2. The first kappa shape index (κ1) is 11.0. The SMILES string of the molecule is C[N+](C1CC1)(C1CC1)C1CCc2ccccc2C1. The van der Waals surface area contributed by atoms with Crippen molar-refractivity contribution in [1.29, 1.82) is 0 Å². The van der Waals surface area contributed by atoms with Gasteiger partial charge in [-0.05, 0) is 17.5 Å². The molecule has 4 rings (SSSR count). The Kier molecular flexibility index (Phi) is 2.35. The molecule has 1 aromatic rings. The highest BCUT2D eigenvalue weighted by Gasteiger charge is 2.55. The zero-order valence-corrected chi connectivity index (χ0v) is 11.4. The van der Waals surface area contributed by atoms with Crippen LogP contribution in [-0.2, 0) is 12.8 Å². The second kappa shape index (κ2) is 3.84. The van der Waals surface area contributed by atoms with Crippen LogP contribution in [0.5, 0.6) is 0 Å². The standard InChI is InChI=1S/C17H24N/c1-18(15-8-9-15,16-10-11-16)17-7-6-13-4-2-3-5-14(13)12-17/h2-5,15-17H,6-12H2,1H3/q+1. The van der Waals surface area contributed by atoms with Crippen molar-refractivity contribution in [3.05, 3.63) is 35.4 Å². The molecule has 18 heavy (non-hydrogen) atoms. The first-order valence-corrected chi connectivity index (χ1v) is 7.71. The molecule has 0 amide bonds. The first-order chi connectivity index (χ1) is 8.78. The lowest BCUT2D eigenvalue weighted by atomic mass is 9.86. The predicted molar refractivity (Wildman–Crippen MR) is 74.5 cm³/mol. The Labute approximate surface area is 110 Å². The molecular weight excluding hydrogens is 218 g/mol. The first-order valence-electron chi connectivity index (χ1n) is 7.71. The summed E-state index contributed by atoms with van der Waals surface area (Å²) in [4.78, 5) is 0. The monoisotopic (exact) mass is 242 g/mol. The van der Waals surface area contributed by atoms with E-state index in [1.165, 1.54) is 49.4 Å². The maximum Gasteiger partial charge on any atom is 0.0936 e. The number of benzene rings is 1. The van der Waals surface area contributed by atoms with Gasteiger partial charge in [0.25, 0.3) is 0 Å². The van der Waals surface area contributed by atoms with Gasteiger partial charge in [0, 0.05) is 38.5 Å². The van der Waals surface area contributed by atoms with E-state index in [4.69, 9.17) is 0 Å². The van der Waals surface area contributed by atoms with Gasteiger partial charge in [-0.15, -0.1) is 0 Å². The normalized spacial score (nSPS) is 27.9. The summed E-state index contributed by atoms with van der Waals surface area (Å²) < 4.78 is 1.42. The van der Waals surface area contributed by atoms with E-state index in [9.17, 15) is 0 Å². The maximum atomic E-state index is 2.58. The number of fused-ring (bicyclic) bond motifs is 1. The van der Waals surface area contributed by atoms with Gasteiger partial charge in [-0.1, -0.05) is 24.3 Å². The van der Waals surface area contributed by atoms with Crippen LogP contribution in [0.3, 0.4) is 0 Å². The van der Waals surface area contributed by atoms with Gasteiger partial charge < -0.3 is 4.48 Å². The van der Waals surface area contributed by atoms with Crippen LogP contribution >= 0.6 is 0 Å². The highest BCUT2D eigenvalue weighted by Crippen LogP contribution is 2.47. The number of hydrogen-bond acceptors (Lipinski definition) is 0. The molecule has 0 bridgehead atoms. The fourth-order valence-electron chi connectivity index (χ4n) is 4.31. The second-order valence-electron chi connectivity index (χ2n) is 6.85. The summed E-state index contributed by atoms with van der Waals surface area (Å²) in [5.41, 5.74) is 3.26. The van der Waals surface area contributed by atoms with E-state index in [1.807, 2.05) is 0 Å². The van der Waals surface area contributed by atoms with E-state index in [2.05, 4.69) is 31.3 Å². The average Bonchev–Trinajstić information content (AvgIpc) is 3.30. The smallest absolute Gasteiger partial charge is 0.0936 e. The molecule has 0 spiro atoms. The van der Waals surface area contributed by atoms with Gasteiger partial charge in [-0.3, -0.25) is 0 Å². The molecule has 3 aliphatic carbocycles. The molecule has 1 heteroatoms. The summed E-state index contributed by atoms with van der Waals surface area (Å²) in [6.07, 6.45) is 10.0. The lowest BCUT2D eigenvalue weighted by Crippen LogP contribution is -2.57. The molecule has 1 unspecified atom stereocenters. The van der Waals surface area contributed by atoms with E-state index in [0.717, 1.165) is 18.1 Å². The summed E-state index contributed by atoms with van der Waals surface area (Å²) in [6, 6.07) is 12.0. The van der Waals surface area contributed by atoms with Crippen molar-refractivity contribution in [3.8, 4) is 0 Å². The molecular formula is C17H24N+. The summed E-state index contributed by atoms with van der Waals surface area (Å²) in [7, 11) is 2.58. The maximum absolute atomic E-state index is 2.58. The number of nitrogens with zero attached hydrogens (tertiary/aromatic N) is 1. The van der Waals surface area contributed by atoms with Crippen molar-refractivity contribution in [3.63, 3.8) is 0 Å². The van der Waals surface area contributed by atoms with E-state index in [-0.39, 0.29) is 0 Å². The summed E-state index contributed by atoms with van der Waals surface area (Å²) >= 11 is 0. The number of aryl methyl sites for hydroxylation is 1. The molecule has 0 N–H and O–H groups in total. The fourth-order valence-corrected chi connectivity index (χ4v) is 4.31. The second-order valence-corrected chi connectivity index (χ2v) is 6.85. The quantitative estimate of drug-likeness (QED) is 0.713. The Morgan fingerprint density at radius 1 is 0.833 bits per heavy atom. The Bertz CT molecular complexity index is 444. The highest BCUT2D eigenvalue weighted by atomic mass is 15.4. The lowest BCUT2D eigenvalue weighted by molar-refractivity contribution is -0.954. The lowest BCUT2D eigenvalue weighted by Gasteiger charge is -2.45. The Morgan fingerprint density at radius 2 is 1.44 bits per heavy atom. The van der Waals surface area contributed by atoms with Crippen molar-refractivity contribution in [2.45, 2.75) is 63.1 Å². The molecule has 0 heterocycles. The Balaban J connectivity index is 1.62. The zero-order valence-electron chi connectivity index (χ0n) is 11.4. The molecule has 1 nitrogen and oxygen atoms in total. The predicted octanol–water partition coefficient (Wildman–Crippen LogP) is 3.32. The highest BCUT2D eigenvalue weighted by molar-refractivity contribution is 5.30. The molecule has 2 saturated carbocycles. The molecule has 1 aromatic carbocycles. The summed E-state index contributed by atoms with van der Waals surface area (Å²) in [5.74, 6) is 0. The molecule has 1 atom stereocenters. The van der Waals surface area contributed by atoms with Crippen molar-refractivity contribution in [2.75, 3.05) is 7.05 Å². The minimum absolute atomic E-state index is 0.903. The molecule has 0 aliphatic heterocycles. The van der Waals surface area contributed by atoms with Crippen LogP contribution in [0.4, 0.5) is 0 Å². The van der Waals surface area contributed by atoms with Gasteiger partial charge in [0.1, 0.15) is 0 Å². The topological polar surface area (TPSA) is 0 Å². The minimum atomic E-state index is 0.903. The third-order valence-corrected chi connectivity index (χ3v) is 5.77. The number of likely N-dealkylation sites (N-methyl/N-ethyl adjacent to an activating group) is 1. The third kappa shape index (κ3) is 1.64. The largest absolute Gasteiger partial charge is 0.318 e. The summed E-state index contributed by atoms with van der Waals surface area (Å²) in [5, 5.41) is 0. The van der Waals surface area contributed by atoms with Crippen LogP contribution < -0.4 is 0 Å². The third-order valence-electron chi connectivity index (χ3n) is 5.77. The van der Waals surface area contributed by atoms with Crippen LogP contribution in [-0.4, -0.2) is 29.7 Å². The van der Waals surface area contributed by atoms with Crippen LogP contribution in [0.1, 0.15) is 43.2 Å². The number of rotatable bonds is 3. The van der Waals surface area contributed by atoms with Gasteiger partial charge in [-0.25, -0.2) is 0 Å². The van der Waals surface area contributed by atoms with Gasteiger partial charge in [0.15, 0.2) is 0 Å². The fraction of sp³-hybridized carbons (Fsp3) is 0.647. The molecule has 3 aliphatic rings. The van der Waals surface area contributed by atoms with E-state index < -0.39 is 0 Å². The van der Waals surface area contributed by atoms with Gasteiger partial charge in [0.2, 0.25) is 0 Å². The van der Waals surface area contributed by atoms with E-state index >= 15 is 0 Å². The van der Waals surface area contributed by atoms with E-state index in [1.54, 1.807) is 11.1 Å². The number of hydrogen-bond donors (Lipinski definition) is 0. The van der Waals surface area contributed by atoms with Crippen LogP contribution in [0, 0.1) is 0 Å². The van der Waals surface area contributed by atoms with Crippen LogP contribution in [0.15, 0.2) is 24.3 Å². The molecule has 0 saturated heterocycles. The van der Waals surface area contributed by atoms with Gasteiger partial charge >= 0.3 is 0 Å². The number of quaternary nitrogens is 1.